The van der Waals surface area contributed by atoms with Gasteiger partial charge in [0.15, 0.2) is 0 Å². The van der Waals surface area contributed by atoms with Crippen molar-refractivity contribution in [3.05, 3.63) is 11.4 Å². The second-order valence-corrected chi connectivity index (χ2v) is 2.75. The third-order valence-electron chi connectivity index (χ3n) is 1.86. The van der Waals surface area contributed by atoms with Crippen molar-refractivity contribution in [2.45, 2.75) is 19.8 Å². The number of hydrogen-bond acceptors (Lipinski definition) is 3. The molecule has 1 saturated heterocycles. The first kappa shape index (κ1) is 10.2. The van der Waals surface area contributed by atoms with Gasteiger partial charge in [-0.1, -0.05) is 0 Å². The maximum absolute atomic E-state index is 13.2. The van der Waals surface area contributed by atoms with Gasteiger partial charge in [0, 0.05) is 0 Å². The smallest absolute Gasteiger partial charge is 0.367 e. The van der Waals surface area contributed by atoms with Crippen LogP contribution in [0.25, 0.3) is 0 Å². The van der Waals surface area contributed by atoms with Crippen LogP contribution in [0.3, 0.4) is 0 Å². The number of carbonyl (C=O) groups excluding carboxylic acids is 1. The van der Waals surface area contributed by atoms with E-state index >= 15 is 0 Å². The Morgan fingerprint density at radius 2 is 2.15 bits per heavy atom. The van der Waals surface area contributed by atoms with E-state index in [1.54, 1.807) is 6.92 Å². The van der Waals surface area contributed by atoms with Gasteiger partial charge in [0.1, 0.15) is 0 Å². The van der Waals surface area contributed by atoms with Crippen molar-refractivity contribution < 1.29 is 18.7 Å². The predicted molar refractivity (Wildman–Crippen MR) is 44.8 cm³/mol. The summed E-state index contributed by atoms with van der Waals surface area (Å²) in [6, 6.07) is 0. The van der Waals surface area contributed by atoms with Gasteiger partial charge in [-0.3, -0.25) is 0 Å². The number of rotatable bonds is 2. The van der Waals surface area contributed by atoms with E-state index in [-0.39, 0.29) is 6.61 Å². The van der Waals surface area contributed by atoms with Gasteiger partial charge in [0.05, 0.1) is 19.8 Å². The van der Waals surface area contributed by atoms with Gasteiger partial charge in [-0.05, 0) is 25.3 Å². The molecule has 13 heavy (non-hydrogen) atoms. The van der Waals surface area contributed by atoms with E-state index in [1.165, 1.54) is 0 Å². The molecule has 1 fully saturated rings. The van der Waals surface area contributed by atoms with Crippen LogP contribution in [-0.4, -0.2) is 25.8 Å². The van der Waals surface area contributed by atoms with Crippen molar-refractivity contribution in [3.63, 3.8) is 0 Å². The van der Waals surface area contributed by atoms with Crippen LogP contribution in [0.1, 0.15) is 19.8 Å². The van der Waals surface area contributed by atoms with E-state index in [2.05, 4.69) is 4.74 Å². The summed E-state index contributed by atoms with van der Waals surface area (Å²) in [4.78, 5) is 10.9. The monoisotopic (exact) mass is 188 g/mol. The number of esters is 1. The number of hydrogen-bond donors (Lipinski definition) is 0. The average molecular weight is 188 g/mol. The fourth-order valence-electron chi connectivity index (χ4n) is 1.18. The zero-order valence-corrected chi connectivity index (χ0v) is 7.64. The molecule has 0 aliphatic carbocycles. The van der Waals surface area contributed by atoms with Gasteiger partial charge in [0.25, 0.3) is 0 Å². The summed E-state index contributed by atoms with van der Waals surface area (Å²) in [6.07, 6.45) is 0.981. The minimum atomic E-state index is -0.848. The summed E-state index contributed by atoms with van der Waals surface area (Å²) < 4.78 is 22.8. The molecule has 74 valence electrons. The van der Waals surface area contributed by atoms with Crippen LogP contribution < -0.4 is 0 Å². The minimum Gasteiger partial charge on any atom is -0.461 e. The first-order chi connectivity index (χ1) is 6.25. The highest BCUT2D eigenvalue weighted by Gasteiger charge is 2.18. The quantitative estimate of drug-likeness (QED) is 0.487. The molecule has 0 radical (unpaired) electrons. The van der Waals surface area contributed by atoms with Gasteiger partial charge in [-0.15, -0.1) is 0 Å². The van der Waals surface area contributed by atoms with Crippen molar-refractivity contribution in [1.29, 1.82) is 0 Å². The van der Waals surface area contributed by atoms with E-state index in [1.807, 2.05) is 0 Å². The van der Waals surface area contributed by atoms with Crippen molar-refractivity contribution in [1.82, 2.24) is 0 Å². The van der Waals surface area contributed by atoms with Crippen molar-refractivity contribution in [2.75, 3.05) is 19.8 Å². The average Bonchev–Trinajstić information content (AvgIpc) is 2.18. The van der Waals surface area contributed by atoms with Crippen LogP contribution in [0.2, 0.25) is 0 Å². The maximum atomic E-state index is 13.2. The molecule has 0 spiro atoms. The Hall–Kier alpha value is -0.900. The molecule has 0 N–H and O–H groups in total. The van der Waals surface area contributed by atoms with E-state index in [9.17, 15) is 9.18 Å². The van der Waals surface area contributed by atoms with Crippen LogP contribution in [0, 0.1) is 0 Å². The second kappa shape index (κ2) is 4.97. The summed E-state index contributed by atoms with van der Waals surface area (Å²) in [7, 11) is 0. The molecule has 0 atom stereocenters. The highest BCUT2D eigenvalue weighted by atomic mass is 19.1. The Morgan fingerprint density at radius 1 is 1.54 bits per heavy atom. The van der Waals surface area contributed by atoms with Gasteiger partial charge in [-0.2, -0.15) is 4.39 Å². The van der Waals surface area contributed by atoms with Crippen LogP contribution >= 0.6 is 0 Å². The molecule has 1 aliphatic heterocycles. The van der Waals surface area contributed by atoms with E-state index in [0.29, 0.717) is 31.6 Å². The molecule has 3 nitrogen and oxygen atoms in total. The lowest BCUT2D eigenvalue weighted by Crippen LogP contribution is -2.13. The van der Waals surface area contributed by atoms with Crippen LogP contribution in [-0.2, 0) is 14.3 Å². The third-order valence-corrected chi connectivity index (χ3v) is 1.86. The van der Waals surface area contributed by atoms with Crippen molar-refractivity contribution >= 4 is 5.97 Å². The topological polar surface area (TPSA) is 35.5 Å². The van der Waals surface area contributed by atoms with Crippen LogP contribution in [0.5, 0.6) is 0 Å². The molecule has 4 heteroatoms. The Morgan fingerprint density at radius 3 is 2.69 bits per heavy atom. The molecule has 0 amide bonds. The van der Waals surface area contributed by atoms with Gasteiger partial charge in [-0.25, -0.2) is 4.79 Å². The molecule has 0 bridgehead atoms. The zero-order chi connectivity index (χ0) is 9.68. The summed E-state index contributed by atoms with van der Waals surface area (Å²) in [5, 5.41) is 0. The Kier molecular flexibility index (Phi) is 3.89. The molecule has 0 aromatic carbocycles. The highest BCUT2D eigenvalue weighted by molar-refractivity contribution is 5.86. The lowest BCUT2D eigenvalue weighted by molar-refractivity contribution is -0.140. The largest absolute Gasteiger partial charge is 0.461 e. The fourth-order valence-corrected chi connectivity index (χ4v) is 1.18. The molecular weight excluding hydrogens is 175 g/mol. The van der Waals surface area contributed by atoms with E-state index < -0.39 is 11.8 Å². The Labute approximate surface area is 76.5 Å². The Bertz CT molecular complexity index is 215. The molecule has 1 heterocycles. The van der Waals surface area contributed by atoms with Gasteiger partial charge >= 0.3 is 5.97 Å². The van der Waals surface area contributed by atoms with E-state index in [0.717, 1.165) is 0 Å². The van der Waals surface area contributed by atoms with Crippen molar-refractivity contribution in [2.24, 2.45) is 0 Å². The lowest BCUT2D eigenvalue weighted by atomic mass is 10.1. The van der Waals surface area contributed by atoms with Gasteiger partial charge < -0.3 is 9.47 Å². The number of ether oxygens (including phenoxy) is 2. The Balaban J connectivity index is 2.60. The number of halogens is 1. The molecule has 0 aromatic heterocycles. The highest BCUT2D eigenvalue weighted by Crippen LogP contribution is 2.19. The molecular formula is C9H13FO3. The van der Waals surface area contributed by atoms with Crippen molar-refractivity contribution in [3.8, 4) is 0 Å². The fraction of sp³-hybridized carbons (Fsp3) is 0.667. The summed E-state index contributed by atoms with van der Waals surface area (Å²) in [6.45, 7) is 2.83. The summed E-state index contributed by atoms with van der Waals surface area (Å²) in [5.41, 5.74) is 0.518. The van der Waals surface area contributed by atoms with Gasteiger partial charge in [0.2, 0.25) is 5.83 Å². The lowest BCUT2D eigenvalue weighted by Gasteiger charge is -2.14. The summed E-state index contributed by atoms with van der Waals surface area (Å²) >= 11 is 0. The van der Waals surface area contributed by atoms with E-state index in [4.69, 9.17) is 4.74 Å². The molecule has 0 aromatic rings. The zero-order valence-electron chi connectivity index (χ0n) is 7.64. The van der Waals surface area contributed by atoms with Crippen LogP contribution in [0.4, 0.5) is 4.39 Å². The summed E-state index contributed by atoms with van der Waals surface area (Å²) in [5.74, 6) is -1.58. The molecule has 0 saturated carbocycles. The molecule has 0 unspecified atom stereocenters. The first-order valence-electron chi connectivity index (χ1n) is 4.38. The SMILES string of the molecule is CCOC(=O)C(F)=C1CCOCC1. The molecule has 1 rings (SSSR count). The first-order valence-corrected chi connectivity index (χ1v) is 4.38. The second-order valence-electron chi connectivity index (χ2n) is 2.75. The van der Waals surface area contributed by atoms with Crippen LogP contribution in [0.15, 0.2) is 11.4 Å². The minimum absolute atomic E-state index is 0.204. The standard InChI is InChI=1S/C9H13FO3/c1-2-13-9(11)8(10)7-3-5-12-6-4-7/h2-6H2,1H3. The number of carbonyl (C=O) groups is 1. The normalized spacial score (nSPS) is 16.9. The maximum Gasteiger partial charge on any atom is 0.367 e. The molecule has 1 aliphatic rings. The predicted octanol–water partition coefficient (Wildman–Crippen LogP) is 1.58. The third kappa shape index (κ3) is 2.81.